The van der Waals surface area contributed by atoms with Gasteiger partial charge in [0.1, 0.15) is 0 Å². The molecule has 0 aliphatic rings. The smallest absolute Gasteiger partial charge is 0.0326 e. The molecule has 0 radical (unpaired) electrons. The van der Waals surface area contributed by atoms with Gasteiger partial charge in [0.15, 0.2) is 0 Å². The van der Waals surface area contributed by atoms with Crippen molar-refractivity contribution >= 4 is 0 Å². The largest absolute Gasteiger partial charge is 0.0651 e. The van der Waals surface area contributed by atoms with Crippen LogP contribution < -0.4 is 0 Å². The number of hydrogen-bond acceptors (Lipinski definition) is 0. The lowest BCUT2D eigenvalue weighted by Gasteiger charge is -2.44. The summed E-state index contributed by atoms with van der Waals surface area (Å²) in [6.07, 6.45) is 3.92. The molecule has 15 heavy (non-hydrogen) atoms. The molecule has 0 aromatic carbocycles. The Morgan fingerprint density at radius 3 is 1.33 bits per heavy atom. The van der Waals surface area contributed by atoms with E-state index in [1.807, 2.05) is 0 Å². The molecule has 0 amide bonds. The standard InChI is InChI=1S/C15H32/c1-9-12(14(4,5)6)13(10-2)15(7,8)11-3/h12-13H,9-11H2,1-8H3. The fourth-order valence-electron chi connectivity index (χ4n) is 3.14. The van der Waals surface area contributed by atoms with Gasteiger partial charge in [-0.2, -0.15) is 0 Å². The van der Waals surface area contributed by atoms with Crippen LogP contribution in [-0.2, 0) is 0 Å². The van der Waals surface area contributed by atoms with E-state index in [-0.39, 0.29) is 0 Å². The molecule has 0 saturated carbocycles. The molecule has 92 valence electrons. The van der Waals surface area contributed by atoms with Crippen molar-refractivity contribution in [1.29, 1.82) is 0 Å². The molecule has 0 nitrogen and oxygen atoms in total. The van der Waals surface area contributed by atoms with Crippen LogP contribution in [0, 0.1) is 22.7 Å². The van der Waals surface area contributed by atoms with Crippen LogP contribution in [0.15, 0.2) is 0 Å². The van der Waals surface area contributed by atoms with E-state index in [4.69, 9.17) is 0 Å². The molecule has 0 aromatic heterocycles. The molecule has 0 saturated heterocycles. The van der Waals surface area contributed by atoms with Gasteiger partial charge in [-0.1, -0.05) is 74.7 Å². The summed E-state index contributed by atoms with van der Waals surface area (Å²) < 4.78 is 0. The lowest BCUT2D eigenvalue weighted by molar-refractivity contribution is 0.0510. The van der Waals surface area contributed by atoms with Gasteiger partial charge in [0.25, 0.3) is 0 Å². The monoisotopic (exact) mass is 212 g/mol. The van der Waals surface area contributed by atoms with Gasteiger partial charge in [0, 0.05) is 0 Å². The van der Waals surface area contributed by atoms with Crippen molar-refractivity contribution in [3.8, 4) is 0 Å². The van der Waals surface area contributed by atoms with E-state index in [1.165, 1.54) is 19.3 Å². The lowest BCUT2D eigenvalue weighted by atomic mass is 9.61. The zero-order valence-electron chi connectivity index (χ0n) is 12.3. The molecule has 0 spiro atoms. The lowest BCUT2D eigenvalue weighted by Crippen LogP contribution is -2.36. The molecule has 0 aliphatic carbocycles. The normalized spacial score (nSPS) is 17.6. The first-order valence-corrected chi connectivity index (χ1v) is 6.70. The molecule has 0 N–H and O–H groups in total. The summed E-state index contributed by atoms with van der Waals surface area (Å²) >= 11 is 0. The maximum atomic E-state index is 2.44. The molecule has 0 heteroatoms. The third kappa shape index (κ3) is 3.81. The average molecular weight is 212 g/mol. The van der Waals surface area contributed by atoms with Crippen LogP contribution >= 0.6 is 0 Å². The minimum Gasteiger partial charge on any atom is -0.0651 e. The van der Waals surface area contributed by atoms with Crippen molar-refractivity contribution in [2.45, 2.75) is 74.7 Å². The van der Waals surface area contributed by atoms with E-state index >= 15 is 0 Å². The van der Waals surface area contributed by atoms with Crippen molar-refractivity contribution in [2.75, 3.05) is 0 Å². The Kier molecular flexibility index (Phi) is 5.37. The van der Waals surface area contributed by atoms with Crippen LogP contribution in [-0.4, -0.2) is 0 Å². The molecule has 0 aromatic rings. The van der Waals surface area contributed by atoms with Crippen molar-refractivity contribution < 1.29 is 0 Å². The first-order valence-electron chi connectivity index (χ1n) is 6.70. The molecule has 2 atom stereocenters. The molecule has 0 bridgehead atoms. The second-order valence-electron chi connectivity index (χ2n) is 6.74. The van der Waals surface area contributed by atoms with Gasteiger partial charge in [0.2, 0.25) is 0 Å². The summed E-state index contributed by atoms with van der Waals surface area (Å²) in [5, 5.41) is 0. The van der Waals surface area contributed by atoms with Gasteiger partial charge < -0.3 is 0 Å². The van der Waals surface area contributed by atoms with Crippen molar-refractivity contribution in [3.63, 3.8) is 0 Å². The summed E-state index contributed by atoms with van der Waals surface area (Å²) in [6.45, 7) is 19.1. The minimum absolute atomic E-state index is 0.446. The predicted octanol–water partition coefficient (Wildman–Crippen LogP) is 5.52. The predicted molar refractivity (Wildman–Crippen MR) is 71.1 cm³/mol. The Balaban J connectivity index is 4.93. The Labute approximate surface area is 97.8 Å². The summed E-state index contributed by atoms with van der Waals surface area (Å²) in [4.78, 5) is 0. The fourth-order valence-corrected chi connectivity index (χ4v) is 3.14. The van der Waals surface area contributed by atoms with Crippen LogP contribution in [0.25, 0.3) is 0 Å². The Morgan fingerprint density at radius 1 is 0.733 bits per heavy atom. The maximum Gasteiger partial charge on any atom is -0.0326 e. The second-order valence-corrected chi connectivity index (χ2v) is 6.74. The Morgan fingerprint density at radius 2 is 1.13 bits per heavy atom. The van der Waals surface area contributed by atoms with E-state index in [2.05, 4.69) is 55.4 Å². The topological polar surface area (TPSA) is 0 Å². The summed E-state index contributed by atoms with van der Waals surface area (Å²) in [7, 11) is 0. The van der Waals surface area contributed by atoms with Crippen LogP contribution in [0.5, 0.6) is 0 Å². The highest BCUT2D eigenvalue weighted by Gasteiger charge is 2.37. The van der Waals surface area contributed by atoms with Crippen LogP contribution in [0.4, 0.5) is 0 Å². The van der Waals surface area contributed by atoms with Gasteiger partial charge in [-0.15, -0.1) is 0 Å². The molecule has 0 aliphatic heterocycles. The quantitative estimate of drug-likeness (QED) is 0.563. The van der Waals surface area contributed by atoms with E-state index in [0.29, 0.717) is 10.8 Å². The van der Waals surface area contributed by atoms with Gasteiger partial charge in [-0.25, -0.2) is 0 Å². The van der Waals surface area contributed by atoms with Crippen molar-refractivity contribution in [2.24, 2.45) is 22.7 Å². The average Bonchev–Trinajstić information content (AvgIpc) is 2.11. The van der Waals surface area contributed by atoms with E-state index < -0.39 is 0 Å². The maximum absolute atomic E-state index is 2.44. The van der Waals surface area contributed by atoms with Gasteiger partial charge in [-0.05, 0) is 22.7 Å². The zero-order valence-corrected chi connectivity index (χ0v) is 12.3. The first-order chi connectivity index (χ1) is 6.70. The number of hydrogen-bond donors (Lipinski definition) is 0. The minimum atomic E-state index is 0.446. The van der Waals surface area contributed by atoms with E-state index in [9.17, 15) is 0 Å². The summed E-state index contributed by atoms with van der Waals surface area (Å²) in [6, 6.07) is 0. The highest BCUT2D eigenvalue weighted by Crippen LogP contribution is 2.46. The molecular weight excluding hydrogens is 180 g/mol. The first kappa shape index (κ1) is 15.0. The molecular formula is C15H32. The van der Waals surface area contributed by atoms with Crippen LogP contribution in [0.3, 0.4) is 0 Å². The fraction of sp³-hybridized carbons (Fsp3) is 1.00. The highest BCUT2D eigenvalue weighted by molar-refractivity contribution is 4.87. The SMILES string of the molecule is CCC(C(CC)C(C)(C)CC)C(C)(C)C. The molecule has 0 fully saturated rings. The van der Waals surface area contributed by atoms with E-state index in [0.717, 1.165) is 11.8 Å². The van der Waals surface area contributed by atoms with E-state index in [1.54, 1.807) is 0 Å². The van der Waals surface area contributed by atoms with Crippen LogP contribution in [0.1, 0.15) is 74.7 Å². The Bertz CT molecular complexity index is 171. The Hall–Kier alpha value is 0. The zero-order chi connectivity index (χ0) is 12.3. The number of rotatable bonds is 5. The molecule has 0 heterocycles. The highest BCUT2D eigenvalue weighted by atomic mass is 14.4. The van der Waals surface area contributed by atoms with Crippen molar-refractivity contribution in [1.82, 2.24) is 0 Å². The second kappa shape index (κ2) is 5.37. The van der Waals surface area contributed by atoms with Gasteiger partial charge in [-0.3, -0.25) is 0 Å². The third-order valence-electron chi connectivity index (χ3n) is 4.39. The summed E-state index contributed by atoms with van der Waals surface area (Å²) in [5.74, 6) is 1.70. The van der Waals surface area contributed by atoms with Crippen LogP contribution in [0.2, 0.25) is 0 Å². The summed E-state index contributed by atoms with van der Waals surface area (Å²) in [5.41, 5.74) is 0.935. The molecule has 0 rings (SSSR count). The third-order valence-corrected chi connectivity index (χ3v) is 4.39. The van der Waals surface area contributed by atoms with Gasteiger partial charge in [0.05, 0.1) is 0 Å². The molecule has 2 unspecified atom stereocenters. The van der Waals surface area contributed by atoms with Crippen molar-refractivity contribution in [3.05, 3.63) is 0 Å². The van der Waals surface area contributed by atoms with Gasteiger partial charge >= 0.3 is 0 Å².